The molecule has 2 atom stereocenters. The minimum atomic E-state index is 0.297. The van der Waals surface area contributed by atoms with Gasteiger partial charge in [-0.2, -0.15) is 0 Å². The summed E-state index contributed by atoms with van der Waals surface area (Å²) in [6.45, 7) is 6.13. The molecule has 1 aromatic heterocycles. The molecule has 2 rings (SSSR count). The lowest BCUT2D eigenvalue weighted by atomic mass is 10.0. The van der Waals surface area contributed by atoms with Crippen LogP contribution in [-0.2, 0) is 4.74 Å². The summed E-state index contributed by atoms with van der Waals surface area (Å²) >= 11 is 0. The fraction of sp³-hybridized carbons (Fsp3) is 0.643. The van der Waals surface area contributed by atoms with Crippen LogP contribution in [0.3, 0.4) is 0 Å². The Kier molecular flexibility index (Phi) is 4.51. The van der Waals surface area contributed by atoms with Crippen LogP contribution < -0.4 is 5.32 Å². The molecule has 94 valence electrons. The Bertz CT molecular complexity index is 331. The number of hydrogen-bond acceptors (Lipinski definition) is 3. The van der Waals surface area contributed by atoms with E-state index >= 15 is 0 Å². The highest BCUT2D eigenvalue weighted by Gasteiger charge is 2.26. The Morgan fingerprint density at radius 2 is 2.41 bits per heavy atom. The quantitative estimate of drug-likeness (QED) is 0.850. The van der Waals surface area contributed by atoms with E-state index in [0.29, 0.717) is 12.1 Å². The van der Waals surface area contributed by atoms with Gasteiger partial charge in [0.2, 0.25) is 0 Å². The van der Waals surface area contributed by atoms with E-state index in [1.807, 2.05) is 13.1 Å². The van der Waals surface area contributed by atoms with Crippen LogP contribution in [0, 0.1) is 6.92 Å². The third-order valence-electron chi connectivity index (χ3n) is 3.24. The van der Waals surface area contributed by atoms with Crippen molar-refractivity contribution < 1.29 is 4.74 Å². The number of nitrogens with zero attached hydrogens (tertiary/aromatic N) is 1. The van der Waals surface area contributed by atoms with E-state index in [4.69, 9.17) is 4.74 Å². The molecule has 0 spiro atoms. The predicted octanol–water partition coefficient (Wildman–Crippen LogP) is 2.61. The lowest BCUT2D eigenvalue weighted by molar-refractivity contribution is 0.0782. The SMILES string of the molecule is CCCNC(c1ccc(C)nc1)C1CCCO1. The number of aryl methyl sites for hydroxylation is 1. The lowest BCUT2D eigenvalue weighted by Crippen LogP contribution is -2.32. The highest BCUT2D eigenvalue weighted by molar-refractivity contribution is 5.18. The molecule has 0 radical (unpaired) electrons. The number of rotatable bonds is 5. The summed E-state index contributed by atoms with van der Waals surface area (Å²) in [6.07, 6.45) is 5.75. The highest BCUT2D eigenvalue weighted by Crippen LogP contribution is 2.26. The molecule has 1 saturated heterocycles. The number of pyridine rings is 1. The van der Waals surface area contributed by atoms with Crippen molar-refractivity contribution in [3.8, 4) is 0 Å². The van der Waals surface area contributed by atoms with Gasteiger partial charge >= 0.3 is 0 Å². The first kappa shape index (κ1) is 12.5. The summed E-state index contributed by atoms with van der Waals surface area (Å²) < 4.78 is 5.81. The second-order valence-electron chi connectivity index (χ2n) is 4.72. The van der Waals surface area contributed by atoms with Gasteiger partial charge in [0.25, 0.3) is 0 Å². The van der Waals surface area contributed by atoms with Gasteiger partial charge in [-0.05, 0) is 44.4 Å². The molecule has 17 heavy (non-hydrogen) atoms. The molecule has 0 saturated carbocycles. The molecule has 0 aromatic carbocycles. The van der Waals surface area contributed by atoms with E-state index in [9.17, 15) is 0 Å². The van der Waals surface area contributed by atoms with E-state index in [1.165, 1.54) is 12.0 Å². The molecular formula is C14H22N2O. The largest absolute Gasteiger partial charge is 0.376 e. The minimum absolute atomic E-state index is 0.297. The molecule has 3 heteroatoms. The molecule has 2 unspecified atom stereocenters. The Labute approximate surface area is 104 Å². The minimum Gasteiger partial charge on any atom is -0.376 e. The number of aromatic nitrogens is 1. The van der Waals surface area contributed by atoms with Crippen molar-refractivity contribution in [3.05, 3.63) is 29.6 Å². The summed E-state index contributed by atoms with van der Waals surface area (Å²) in [5, 5.41) is 3.58. The van der Waals surface area contributed by atoms with Crippen LogP contribution in [-0.4, -0.2) is 24.2 Å². The average Bonchev–Trinajstić information content (AvgIpc) is 2.85. The Hall–Kier alpha value is -0.930. The smallest absolute Gasteiger partial charge is 0.0771 e. The van der Waals surface area contributed by atoms with Crippen molar-refractivity contribution in [2.75, 3.05) is 13.2 Å². The molecule has 1 aliphatic heterocycles. The molecular weight excluding hydrogens is 212 g/mol. The summed E-state index contributed by atoms with van der Waals surface area (Å²) in [5.74, 6) is 0. The van der Waals surface area contributed by atoms with E-state index in [-0.39, 0.29) is 0 Å². The molecule has 1 aromatic rings. The first-order valence-electron chi connectivity index (χ1n) is 6.59. The fourth-order valence-electron chi connectivity index (χ4n) is 2.29. The van der Waals surface area contributed by atoms with Crippen molar-refractivity contribution in [1.29, 1.82) is 0 Å². The van der Waals surface area contributed by atoms with Gasteiger partial charge in [0, 0.05) is 18.5 Å². The van der Waals surface area contributed by atoms with Gasteiger partial charge in [0.15, 0.2) is 0 Å². The zero-order valence-corrected chi connectivity index (χ0v) is 10.8. The number of hydrogen-bond donors (Lipinski definition) is 1. The Morgan fingerprint density at radius 3 is 3.00 bits per heavy atom. The second-order valence-corrected chi connectivity index (χ2v) is 4.72. The highest BCUT2D eigenvalue weighted by atomic mass is 16.5. The summed E-state index contributed by atoms with van der Waals surface area (Å²) in [7, 11) is 0. The first-order chi connectivity index (χ1) is 8.31. The van der Waals surface area contributed by atoms with E-state index in [1.54, 1.807) is 0 Å². The molecule has 1 fully saturated rings. The monoisotopic (exact) mass is 234 g/mol. The lowest BCUT2D eigenvalue weighted by Gasteiger charge is -2.24. The fourth-order valence-corrected chi connectivity index (χ4v) is 2.29. The van der Waals surface area contributed by atoms with Crippen LogP contribution in [0.2, 0.25) is 0 Å². The van der Waals surface area contributed by atoms with Gasteiger partial charge in [0.05, 0.1) is 12.1 Å². The Balaban J connectivity index is 2.10. The molecule has 0 bridgehead atoms. The standard InChI is InChI=1S/C14H22N2O/c1-3-8-15-14(13-5-4-9-17-13)12-7-6-11(2)16-10-12/h6-7,10,13-15H,3-5,8-9H2,1-2H3. The summed E-state index contributed by atoms with van der Waals surface area (Å²) in [4.78, 5) is 4.38. The average molecular weight is 234 g/mol. The topological polar surface area (TPSA) is 34.2 Å². The number of nitrogens with one attached hydrogen (secondary N) is 1. The first-order valence-corrected chi connectivity index (χ1v) is 6.59. The van der Waals surface area contributed by atoms with Crippen LogP contribution in [0.4, 0.5) is 0 Å². The maximum absolute atomic E-state index is 5.81. The normalized spacial score (nSPS) is 21.6. The van der Waals surface area contributed by atoms with Gasteiger partial charge in [-0.25, -0.2) is 0 Å². The Morgan fingerprint density at radius 1 is 1.53 bits per heavy atom. The van der Waals surface area contributed by atoms with Crippen molar-refractivity contribution in [1.82, 2.24) is 10.3 Å². The van der Waals surface area contributed by atoms with Gasteiger partial charge in [-0.3, -0.25) is 4.98 Å². The molecule has 2 heterocycles. The third kappa shape index (κ3) is 3.27. The summed E-state index contributed by atoms with van der Waals surface area (Å²) in [6, 6.07) is 4.54. The van der Waals surface area contributed by atoms with Crippen molar-refractivity contribution >= 4 is 0 Å². The van der Waals surface area contributed by atoms with Crippen LogP contribution in [0.15, 0.2) is 18.3 Å². The molecule has 0 amide bonds. The van der Waals surface area contributed by atoms with Gasteiger partial charge < -0.3 is 10.1 Å². The van der Waals surface area contributed by atoms with Crippen molar-refractivity contribution in [2.45, 2.75) is 45.3 Å². The maximum Gasteiger partial charge on any atom is 0.0771 e. The zero-order chi connectivity index (χ0) is 12.1. The van der Waals surface area contributed by atoms with Gasteiger partial charge in [0.1, 0.15) is 0 Å². The van der Waals surface area contributed by atoms with Crippen molar-refractivity contribution in [3.63, 3.8) is 0 Å². The van der Waals surface area contributed by atoms with Gasteiger partial charge in [-0.15, -0.1) is 0 Å². The zero-order valence-electron chi connectivity index (χ0n) is 10.8. The predicted molar refractivity (Wildman–Crippen MR) is 69.0 cm³/mol. The van der Waals surface area contributed by atoms with Crippen molar-refractivity contribution in [2.24, 2.45) is 0 Å². The van der Waals surface area contributed by atoms with E-state index < -0.39 is 0 Å². The maximum atomic E-state index is 5.81. The van der Waals surface area contributed by atoms with Crippen LogP contribution in [0.5, 0.6) is 0 Å². The molecule has 3 nitrogen and oxygen atoms in total. The van der Waals surface area contributed by atoms with E-state index in [2.05, 4.69) is 29.4 Å². The third-order valence-corrected chi connectivity index (χ3v) is 3.24. The summed E-state index contributed by atoms with van der Waals surface area (Å²) in [5.41, 5.74) is 2.31. The molecule has 1 N–H and O–H groups in total. The van der Waals surface area contributed by atoms with Crippen LogP contribution in [0.25, 0.3) is 0 Å². The second kappa shape index (κ2) is 6.12. The van der Waals surface area contributed by atoms with E-state index in [0.717, 1.165) is 31.7 Å². The van der Waals surface area contributed by atoms with Crippen LogP contribution >= 0.6 is 0 Å². The molecule has 0 aliphatic carbocycles. The number of ether oxygens (including phenoxy) is 1. The van der Waals surface area contributed by atoms with Gasteiger partial charge in [-0.1, -0.05) is 13.0 Å². The molecule has 1 aliphatic rings. The van der Waals surface area contributed by atoms with Crippen LogP contribution in [0.1, 0.15) is 43.5 Å².